The van der Waals surface area contributed by atoms with Gasteiger partial charge < -0.3 is 19.6 Å². The Morgan fingerprint density at radius 3 is 1.71 bits per heavy atom. The third kappa shape index (κ3) is 11.8. The van der Waals surface area contributed by atoms with Gasteiger partial charge in [0, 0.05) is 71.9 Å². The van der Waals surface area contributed by atoms with Gasteiger partial charge in [0.1, 0.15) is 9.79 Å². The number of benzene rings is 4. The van der Waals surface area contributed by atoms with Crippen LogP contribution in [0.3, 0.4) is 0 Å². The molecule has 4 aromatic rings. The Morgan fingerprint density at radius 1 is 0.653 bits per heavy atom. The molecule has 0 radical (unpaired) electrons. The normalized spacial score (nSPS) is 20.6. The summed E-state index contributed by atoms with van der Waals surface area (Å²) in [6.45, 7) is 6.49. The molecule has 0 aromatic heterocycles. The zero-order valence-electron chi connectivity index (χ0n) is 39.5. The monoisotopic (exact) mass is 1100 g/mol. The van der Waals surface area contributed by atoms with Crippen LogP contribution in [0.15, 0.2) is 116 Å². The molecule has 4 aromatic carbocycles. The molecule has 3 unspecified atom stereocenters. The van der Waals surface area contributed by atoms with E-state index in [4.69, 9.17) is 4.74 Å². The Morgan fingerprint density at radius 2 is 1.19 bits per heavy atom. The molecule has 6 N–H and O–H groups in total. The highest BCUT2D eigenvalue weighted by Crippen LogP contribution is 2.55. The predicted molar refractivity (Wildman–Crippen MR) is 270 cm³/mol. The Bertz CT molecular complexity index is 3520. The van der Waals surface area contributed by atoms with Crippen molar-refractivity contribution in [3.63, 3.8) is 0 Å². The number of rotatable bonds is 22. The average molecular weight is 1100 g/mol. The van der Waals surface area contributed by atoms with Crippen molar-refractivity contribution in [1.29, 1.82) is 0 Å². The molecule has 72 heavy (non-hydrogen) atoms. The lowest BCUT2D eigenvalue weighted by molar-refractivity contribution is -0.137. The molecule has 3 atom stereocenters. The van der Waals surface area contributed by atoms with E-state index in [0.717, 1.165) is 6.07 Å². The van der Waals surface area contributed by atoms with Gasteiger partial charge in [0.15, 0.2) is 0 Å². The zero-order valence-corrected chi connectivity index (χ0v) is 43.6. The standard InChI is InChI=1S/C47H56N2O18S5/c1-5-48-37-20-18-33-35(27-31(69(55,56)57)29-39(33)71(61,62)63)44(37)47(3,23-25-67-4)41(48)15-10-7-6-8-11-16-42-46(2,22-14-26-68(52,53)54)45-36-28-32(70(58,59)60)30-40(72(64,65)66)34(36)19-21-38(45)49(42)24-13-9-12-17-43(50)51/h6-8,10-11,15-16,18-21,27-30,41H,5,9,12-14,17,22-26H2,1-4H3,(H,50,51)(H,52,53,54)(H,55,56,57)(H,58,59,60)(H,61,62,63)(H,64,65,66). The number of allylic oxidation sites excluding steroid dienone is 7. The number of anilines is 2. The number of unbranched alkanes of at least 4 members (excludes halogenated alkanes) is 2. The first kappa shape index (κ1) is 56.2. The van der Waals surface area contributed by atoms with Crippen LogP contribution in [0.4, 0.5) is 11.4 Å². The molecular formula is C47H56N2O18S5. The van der Waals surface area contributed by atoms with Crippen LogP contribution >= 0.6 is 0 Å². The summed E-state index contributed by atoms with van der Waals surface area (Å²) < 4.78 is 180. The van der Waals surface area contributed by atoms with Gasteiger partial charge in [-0.1, -0.05) is 61.9 Å². The molecule has 2 heterocycles. The molecule has 0 aliphatic carbocycles. The third-order valence-electron chi connectivity index (χ3n) is 13.3. The Labute approximate surface area is 419 Å². The minimum absolute atomic E-state index is 0.00689. The minimum atomic E-state index is -5.09. The van der Waals surface area contributed by atoms with Crippen molar-refractivity contribution in [2.24, 2.45) is 0 Å². The first-order valence-corrected chi connectivity index (χ1v) is 29.8. The summed E-state index contributed by atoms with van der Waals surface area (Å²) in [6.07, 6.45) is 13.6. The van der Waals surface area contributed by atoms with E-state index >= 15 is 0 Å². The van der Waals surface area contributed by atoms with E-state index in [2.05, 4.69) is 0 Å². The van der Waals surface area contributed by atoms with Gasteiger partial charge in [-0.15, -0.1) is 0 Å². The summed E-state index contributed by atoms with van der Waals surface area (Å²) in [5, 5.41) is 9.38. The number of carboxylic acid groups (broad SMARTS) is 1. The number of methoxy groups -OCH3 is 1. The summed E-state index contributed by atoms with van der Waals surface area (Å²) >= 11 is 0. The maximum absolute atomic E-state index is 12.7. The molecule has 6 rings (SSSR count). The zero-order chi connectivity index (χ0) is 53.4. The quantitative estimate of drug-likeness (QED) is 0.0259. The van der Waals surface area contributed by atoms with E-state index < -0.39 is 98.8 Å². The first-order valence-electron chi connectivity index (χ1n) is 22.4. The number of hydrogen-bond donors (Lipinski definition) is 6. The number of carboxylic acids is 1. The van der Waals surface area contributed by atoms with Crippen LogP contribution in [-0.2, 0) is 71.0 Å². The molecule has 0 amide bonds. The highest BCUT2D eigenvalue weighted by Gasteiger charge is 2.48. The van der Waals surface area contributed by atoms with Crippen molar-refractivity contribution in [3.05, 3.63) is 108 Å². The number of nitrogens with zero attached hydrogens (tertiary/aromatic N) is 2. The van der Waals surface area contributed by atoms with Crippen LogP contribution < -0.4 is 9.80 Å². The van der Waals surface area contributed by atoms with Crippen LogP contribution in [0.25, 0.3) is 21.5 Å². The number of aliphatic carboxylic acids is 1. The molecule has 20 nitrogen and oxygen atoms in total. The highest BCUT2D eigenvalue weighted by molar-refractivity contribution is 7.87. The Hall–Kier alpha value is -5.06. The topological polar surface area (TPSA) is 325 Å². The van der Waals surface area contributed by atoms with Gasteiger partial charge >= 0.3 is 5.97 Å². The summed E-state index contributed by atoms with van der Waals surface area (Å²) in [4.78, 5) is 12.1. The van der Waals surface area contributed by atoms with Crippen LogP contribution in [0.2, 0.25) is 0 Å². The summed E-state index contributed by atoms with van der Waals surface area (Å²) in [5.41, 5.74) is 0.407. The maximum atomic E-state index is 12.7. The first-order chi connectivity index (χ1) is 33.4. The number of likely N-dealkylation sites (N-methyl/N-ethyl adjacent to an activating group) is 1. The summed E-state index contributed by atoms with van der Waals surface area (Å²) in [7, 11) is -23.0. The average Bonchev–Trinajstić information content (AvgIpc) is 3.65. The fraction of sp³-hybridized carbons (Fsp3) is 0.383. The van der Waals surface area contributed by atoms with Crippen LogP contribution in [0.1, 0.15) is 76.8 Å². The Balaban J connectivity index is 1.45. The smallest absolute Gasteiger partial charge is 0.303 e. The van der Waals surface area contributed by atoms with Crippen LogP contribution in [-0.4, -0.2) is 115 Å². The van der Waals surface area contributed by atoms with Crippen molar-refractivity contribution in [1.82, 2.24) is 0 Å². The lowest BCUT2D eigenvalue weighted by Crippen LogP contribution is -2.42. The number of hydrogen-bond acceptors (Lipinski definition) is 14. The molecule has 392 valence electrons. The lowest BCUT2D eigenvalue weighted by Gasteiger charge is -2.35. The molecule has 2 aliphatic heterocycles. The molecular weight excluding hydrogens is 1040 g/mol. The number of carbonyl (C=O) groups is 1. The maximum Gasteiger partial charge on any atom is 0.303 e. The SMILES string of the molecule is CCN1c2ccc3c(S(=O)(=O)O)cc(S(=O)(=O)O)cc3c2C(C)(CCOC)C1C=CC=CC=CC=C1N(CCCCCC(=O)O)c2ccc3c(S(=O)(=O)O)cc(S(=O)(=O)O)cc3c2C1(C)CCCS(=O)(=O)O. The minimum Gasteiger partial charge on any atom is -0.481 e. The van der Waals surface area contributed by atoms with Crippen molar-refractivity contribution in [3.8, 4) is 0 Å². The largest absolute Gasteiger partial charge is 0.481 e. The van der Waals surface area contributed by atoms with Crippen molar-refractivity contribution < 1.29 is 79.5 Å². The molecule has 0 bridgehead atoms. The van der Waals surface area contributed by atoms with E-state index in [1.54, 1.807) is 55.5 Å². The molecule has 0 spiro atoms. The summed E-state index contributed by atoms with van der Waals surface area (Å²) in [5.74, 6) is -1.64. The number of ether oxygens (including phenoxy) is 1. The summed E-state index contributed by atoms with van der Waals surface area (Å²) in [6, 6.07) is 9.24. The van der Waals surface area contributed by atoms with Gasteiger partial charge in [0.05, 0.1) is 21.6 Å². The fourth-order valence-corrected chi connectivity index (χ4v) is 13.4. The van der Waals surface area contributed by atoms with Crippen LogP contribution in [0.5, 0.6) is 0 Å². The second kappa shape index (κ2) is 21.0. The Kier molecular flexibility index (Phi) is 16.4. The molecule has 2 aliphatic rings. The van der Waals surface area contributed by atoms with E-state index in [-0.39, 0.29) is 54.0 Å². The number of fused-ring (bicyclic) bond motifs is 6. The highest BCUT2D eigenvalue weighted by atomic mass is 32.2. The van der Waals surface area contributed by atoms with E-state index in [9.17, 15) is 74.8 Å². The van der Waals surface area contributed by atoms with Crippen molar-refractivity contribution in [2.75, 3.05) is 42.4 Å². The lowest BCUT2D eigenvalue weighted by atomic mass is 9.74. The van der Waals surface area contributed by atoms with Gasteiger partial charge in [0.2, 0.25) is 0 Å². The van der Waals surface area contributed by atoms with E-state index in [0.29, 0.717) is 72.6 Å². The van der Waals surface area contributed by atoms with Crippen LogP contribution in [0, 0.1) is 0 Å². The molecule has 0 saturated heterocycles. The second-order valence-corrected chi connectivity index (χ2v) is 25.2. The molecule has 25 heteroatoms. The molecule has 0 saturated carbocycles. The van der Waals surface area contributed by atoms with Crippen molar-refractivity contribution in [2.45, 2.75) is 102 Å². The second-order valence-electron chi connectivity index (χ2n) is 18.0. The predicted octanol–water partition coefficient (Wildman–Crippen LogP) is 7.13. The van der Waals surface area contributed by atoms with Gasteiger partial charge in [-0.2, -0.15) is 42.1 Å². The molecule has 0 fully saturated rings. The van der Waals surface area contributed by atoms with E-state index in [1.165, 1.54) is 25.3 Å². The van der Waals surface area contributed by atoms with Gasteiger partial charge in [-0.3, -0.25) is 27.6 Å². The van der Waals surface area contributed by atoms with Gasteiger partial charge in [0.25, 0.3) is 50.6 Å². The van der Waals surface area contributed by atoms with Crippen molar-refractivity contribution >= 4 is 89.5 Å². The van der Waals surface area contributed by atoms with Gasteiger partial charge in [-0.25, -0.2) is 0 Å². The van der Waals surface area contributed by atoms with E-state index in [1.807, 2.05) is 29.7 Å². The fourth-order valence-electron chi connectivity index (χ4n) is 10.2. The third-order valence-corrected chi connectivity index (χ3v) is 17.6. The van der Waals surface area contributed by atoms with Gasteiger partial charge in [-0.05, 0) is 110 Å².